The molecule has 0 aromatic rings. The molecule has 356 valence electrons. The molecule has 0 aliphatic carbocycles. The van der Waals surface area contributed by atoms with E-state index in [9.17, 15) is 14.4 Å². The Morgan fingerprint density at radius 1 is 0.333 bits per heavy atom. The number of carbonyl (C=O) groups is 3. The molecule has 0 aliphatic heterocycles. The topological polar surface area (TPSA) is 173 Å². The Kier molecular flexibility index (Phi) is 65.0. The summed E-state index contributed by atoms with van der Waals surface area (Å²) in [5, 5.41) is 49.2. The SMILES string of the molecule is CCCCCCCCCCCCCC=CC(=O)O.CCCCCCCCCCCCCC=CC(=O)O.CCCCCCCCCCCCCC=CC(=O)O.OCC(O)CO. The van der Waals surface area contributed by atoms with Crippen molar-refractivity contribution >= 4 is 17.9 Å². The van der Waals surface area contributed by atoms with Crippen molar-refractivity contribution in [1.29, 1.82) is 0 Å². The summed E-state index contributed by atoms with van der Waals surface area (Å²) < 4.78 is 0. The highest BCUT2D eigenvalue weighted by Gasteiger charge is 1.96. The molecule has 0 fully saturated rings. The molecule has 0 aromatic heterocycles. The number of unbranched alkanes of at least 4 members (excludes halogenated alkanes) is 33. The van der Waals surface area contributed by atoms with Crippen LogP contribution >= 0.6 is 0 Å². The summed E-state index contributed by atoms with van der Waals surface area (Å²) in [6.07, 6.45) is 54.9. The number of hydrogen-bond acceptors (Lipinski definition) is 6. The second-order valence-electron chi connectivity index (χ2n) is 16.2. The molecule has 0 spiro atoms. The minimum Gasteiger partial charge on any atom is -0.478 e. The third-order valence-electron chi connectivity index (χ3n) is 10.1. The predicted octanol–water partition coefficient (Wildman–Crippen LogP) is 14.3. The number of aliphatic hydroxyl groups is 3. The van der Waals surface area contributed by atoms with Gasteiger partial charge < -0.3 is 30.6 Å². The summed E-state index contributed by atoms with van der Waals surface area (Å²) in [6, 6.07) is 0. The molecule has 0 rings (SSSR count). The molecule has 0 unspecified atom stereocenters. The molecule has 0 radical (unpaired) electrons. The van der Waals surface area contributed by atoms with Crippen molar-refractivity contribution in [2.75, 3.05) is 13.2 Å². The van der Waals surface area contributed by atoms with Crippen LogP contribution in [0.2, 0.25) is 0 Å². The van der Waals surface area contributed by atoms with Crippen molar-refractivity contribution in [1.82, 2.24) is 0 Å². The summed E-state index contributed by atoms with van der Waals surface area (Å²) in [7, 11) is 0. The van der Waals surface area contributed by atoms with Crippen molar-refractivity contribution in [3.8, 4) is 0 Å². The lowest BCUT2D eigenvalue weighted by Crippen LogP contribution is -2.15. The number of aliphatic hydroxyl groups excluding tert-OH is 3. The summed E-state index contributed by atoms with van der Waals surface area (Å²) in [5.74, 6) is -2.51. The fraction of sp³-hybridized carbons (Fsp3) is 0.824. The fourth-order valence-corrected chi connectivity index (χ4v) is 6.39. The molecule has 9 nitrogen and oxygen atoms in total. The molecular formula is C51H98O9. The van der Waals surface area contributed by atoms with Gasteiger partial charge in [0.05, 0.1) is 13.2 Å². The van der Waals surface area contributed by atoms with Gasteiger partial charge in [-0.05, 0) is 38.5 Å². The van der Waals surface area contributed by atoms with E-state index in [0.717, 1.165) is 38.5 Å². The first-order valence-corrected chi connectivity index (χ1v) is 24.7. The molecule has 0 saturated heterocycles. The standard InChI is InChI=1S/3C16H30O2.C3H8O3/c3*1-2-3-4-5-6-7-8-9-10-11-12-13-14-15-16(17)18;4-1-3(6)2-5/h3*14-15H,2-13H2,1H3,(H,17,18);3-6H,1-2H2. The number of rotatable bonds is 41. The van der Waals surface area contributed by atoms with Gasteiger partial charge in [-0.3, -0.25) is 0 Å². The van der Waals surface area contributed by atoms with Gasteiger partial charge >= 0.3 is 17.9 Å². The van der Waals surface area contributed by atoms with Gasteiger partial charge in [-0.15, -0.1) is 0 Å². The zero-order chi connectivity index (χ0) is 45.4. The largest absolute Gasteiger partial charge is 0.478 e. The van der Waals surface area contributed by atoms with E-state index >= 15 is 0 Å². The van der Waals surface area contributed by atoms with E-state index in [4.69, 9.17) is 30.6 Å². The van der Waals surface area contributed by atoms with Crippen LogP contribution in [-0.2, 0) is 14.4 Å². The zero-order valence-corrected chi connectivity index (χ0v) is 39.3. The number of allylic oxidation sites excluding steroid dienone is 3. The highest BCUT2D eigenvalue weighted by Crippen LogP contribution is 2.14. The average molecular weight is 855 g/mol. The molecular weight excluding hydrogens is 757 g/mol. The maximum atomic E-state index is 10.2. The Labute approximate surface area is 369 Å². The van der Waals surface area contributed by atoms with Crippen LogP contribution in [0.4, 0.5) is 0 Å². The number of hydrogen-bond donors (Lipinski definition) is 6. The van der Waals surface area contributed by atoms with Gasteiger partial charge in [-0.1, -0.05) is 232 Å². The van der Waals surface area contributed by atoms with Crippen molar-refractivity contribution < 1.29 is 45.0 Å². The van der Waals surface area contributed by atoms with Crippen LogP contribution in [0.5, 0.6) is 0 Å². The third kappa shape index (κ3) is 76.2. The van der Waals surface area contributed by atoms with Gasteiger partial charge in [0, 0.05) is 18.2 Å². The summed E-state index contributed by atoms with van der Waals surface area (Å²) in [4.78, 5) is 30.6. The van der Waals surface area contributed by atoms with E-state index in [2.05, 4.69) is 20.8 Å². The van der Waals surface area contributed by atoms with E-state index in [1.165, 1.54) is 211 Å². The van der Waals surface area contributed by atoms with Crippen molar-refractivity contribution in [2.45, 2.75) is 258 Å². The van der Waals surface area contributed by atoms with E-state index in [1.54, 1.807) is 18.2 Å². The lowest BCUT2D eigenvalue weighted by Gasteiger charge is -2.01. The smallest absolute Gasteiger partial charge is 0.327 e. The van der Waals surface area contributed by atoms with E-state index in [0.29, 0.717) is 0 Å². The lowest BCUT2D eigenvalue weighted by molar-refractivity contribution is -0.132. The van der Waals surface area contributed by atoms with Crippen LogP contribution in [0.15, 0.2) is 36.5 Å². The Hall–Kier alpha value is -2.49. The normalized spacial score (nSPS) is 11.1. The maximum absolute atomic E-state index is 10.2. The quantitative estimate of drug-likeness (QED) is 0.0258. The van der Waals surface area contributed by atoms with Gasteiger partial charge in [0.15, 0.2) is 0 Å². The molecule has 0 saturated carbocycles. The Morgan fingerprint density at radius 2 is 0.500 bits per heavy atom. The maximum Gasteiger partial charge on any atom is 0.327 e. The van der Waals surface area contributed by atoms with Gasteiger partial charge in [0.25, 0.3) is 0 Å². The Balaban J connectivity index is -0.000000366. The first-order valence-electron chi connectivity index (χ1n) is 24.7. The summed E-state index contributed by atoms with van der Waals surface area (Å²) >= 11 is 0. The number of carboxylic acid groups (broad SMARTS) is 3. The van der Waals surface area contributed by atoms with Gasteiger partial charge in [0.2, 0.25) is 0 Å². The molecule has 0 atom stereocenters. The molecule has 0 aliphatic rings. The second kappa shape index (κ2) is 60.8. The van der Waals surface area contributed by atoms with E-state index < -0.39 is 24.0 Å². The minimum atomic E-state index is -0.954. The zero-order valence-electron chi connectivity index (χ0n) is 39.3. The molecule has 0 aromatic carbocycles. The van der Waals surface area contributed by atoms with Crippen molar-refractivity contribution in [3.05, 3.63) is 36.5 Å². The molecule has 60 heavy (non-hydrogen) atoms. The Bertz CT molecular complexity index is 818. The lowest BCUT2D eigenvalue weighted by atomic mass is 10.1. The van der Waals surface area contributed by atoms with E-state index in [1.807, 2.05) is 0 Å². The van der Waals surface area contributed by atoms with Crippen LogP contribution in [0.25, 0.3) is 0 Å². The monoisotopic (exact) mass is 855 g/mol. The van der Waals surface area contributed by atoms with Gasteiger partial charge in [-0.25, -0.2) is 14.4 Å². The highest BCUT2D eigenvalue weighted by molar-refractivity contribution is 5.80. The average Bonchev–Trinajstić information content (AvgIpc) is 3.23. The second-order valence-corrected chi connectivity index (χ2v) is 16.2. The summed E-state index contributed by atoms with van der Waals surface area (Å²) in [5.41, 5.74) is 0. The fourth-order valence-electron chi connectivity index (χ4n) is 6.39. The van der Waals surface area contributed by atoms with Crippen molar-refractivity contribution in [2.24, 2.45) is 0 Å². The third-order valence-corrected chi connectivity index (χ3v) is 10.1. The minimum absolute atomic E-state index is 0.365. The van der Waals surface area contributed by atoms with Gasteiger partial charge in [-0.2, -0.15) is 0 Å². The van der Waals surface area contributed by atoms with Gasteiger partial charge in [0.1, 0.15) is 6.10 Å². The first-order chi connectivity index (χ1) is 29.1. The van der Waals surface area contributed by atoms with Crippen LogP contribution in [0.3, 0.4) is 0 Å². The molecule has 0 heterocycles. The molecule has 0 bridgehead atoms. The molecule has 0 amide bonds. The Morgan fingerprint density at radius 3 is 0.633 bits per heavy atom. The van der Waals surface area contributed by atoms with Crippen molar-refractivity contribution in [3.63, 3.8) is 0 Å². The first kappa shape index (κ1) is 64.1. The number of aliphatic carboxylic acids is 3. The molecule has 6 N–H and O–H groups in total. The van der Waals surface area contributed by atoms with Crippen LogP contribution in [0, 0.1) is 0 Å². The summed E-state index contributed by atoms with van der Waals surface area (Å²) in [6.45, 7) is 6.04. The highest BCUT2D eigenvalue weighted by atomic mass is 16.4. The van der Waals surface area contributed by atoms with Crippen LogP contribution < -0.4 is 0 Å². The predicted molar refractivity (Wildman–Crippen MR) is 254 cm³/mol. The van der Waals surface area contributed by atoms with Crippen LogP contribution in [-0.4, -0.2) is 67.9 Å². The van der Waals surface area contributed by atoms with Crippen LogP contribution in [0.1, 0.15) is 252 Å². The number of carboxylic acids is 3. The van der Waals surface area contributed by atoms with E-state index in [-0.39, 0.29) is 13.2 Å². The molecule has 9 heteroatoms.